The summed E-state index contributed by atoms with van der Waals surface area (Å²) in [7, 11) is 5.78. The average molecular weight is 451 g/mol. The zero-order chi connectivity index (χ0) is 23.7. The van der Waals surface area contributed by atoms with Crippen LogP contribution in [0.2, 0.25) is 0 Å². The normalized spacial score (nSPS) is 11.3. The quantitative estimate of drug-likeness (QED) is 0.369. The maximum atomic E-state index is 11.2. The van der Waals surface area contributed by atoms with Crippen LogP contribution in [0.4, 0.5) is 0 Å². The predicted octanol–water partition coefficient (Wildman–Crippen LogP) is 5.53. The molecule has 2 heterocycles. The molecule has 6 heteroatoms. The second kappa shape index (κ2) is 9.00. The van der Waals surface area contributed by atoms with Crippen LogP contribution < -0.4 is 4.74 Å². The Kier molecular flexibility index (Phi) is 5.74. The minimum atomic E-state index is 0.103. The van der Waals surface area contributed by atoms with Gasteiger partial charge in [-0.3, -0.25) is 4.57 Å². The van der Waals surface area contributed by atoms with Gasteiger partial charge in [-0.05, 0) is 55.1 Å². The molecule has 0 fully saturated rings. The zero-order valence-corrected chi connectivity index (χ0v) is 19.4. The highest BCUT2D eigenvalue weighted by Gasteiger charge is 2.16. The van der Waals surface area contributed by atoms with E-state index in [1.165, 1.54) is 11.1 Å². The van der Waals surface area contributed by atoms with E-state index in [2.05, 4.69) is 65.4 Å². The number of fused-ring (bicyclic) bond motifs is 1. The monoisotopic (exact) mass is 450 g/mol. The van der Waals surface area contributed by atoms with Crippen LogP contribution in [0.1, 0.15) is 5.56 Å². The van der Waals surface area contributed by atoms with E-state index in [9.17, 15) is 5.11 Å². The lowest BCUT2D eigenvalue weighted by molar-refractivity contribution is 0.403. The molecule has 34 heavy (non-hydrogen) atoms. The van der Waals surface area contributed by atoms with Crippen LogP contribution >= 0.6 is 0 Å². The van der Waals surface area contributed by atoms with Crippen LogP contribution in [0.25, 0.3) is 39.1 Å². The Morgan fingerprint density at radius 3 is 2.29 bits per heavy atom. The molecule has 6 nitrogen and oxygen atoms in total. The third-order valence-electron chi connectivity index (χ3n) is 5.88. The third-order valence-corrected chi connectivity index (χ3v) is 5.88. The molecule has 5 aromatic rings. The molecular weight excluding hydrogens is 424 g/mol. The van der Waals surface area contributed by atoms with Crippen LogP contribution in [-0.2, 0) is 6.54 Å². The van der Waals surface area contributed by atoms with Gasteiger partial charge in [0.05, 0.1) is 13.3 Å². The second-order valence-electron chi connectivity index (χ2n) is 8.47. The molecule has 0 saturated heterocycles. The average Bonchev–Trinajstić information content (AvgIpc) is 3.30. The molecule has 0 aliphatic carbocycles. The fourth-order valence-electron chi connectivity index (χ4n) is 4.23. The minimum Gasteiger partial charge on any atom is -0.504 e. The van der Waals surface area contributed by atoms with Crippen LogP contribution in [0.15, 0.2) is 85.3 Å². The van der Waals surface area contributed by atoms with Crippen molar-refractivity contribution in [1.82, 2.24) is 19.4 Å². The summed E-state index contributed by atoms with van der Waals surface area (Å²) in [6.07, 6.45) is 3.40. The summed E-state index contributed by atoms with van der Waals surface area (Å²) in [5, 5.41) is 11.2. The van der Waals surface area contributed by atoms with Crippen molar-refractivity contribution in [2.45, 2.75) is 6.54 Å². The minimum absolute atomic E-state index is 0.103. The van der Waals surface area contributed by atoms with E-state index in [4.69, 9.17) is 4.74 Å². The molecule has 3 aromatic carbocycles. The highest BCUT2D eigenvalue weighted by Crippen LogP contribution is 2.36. The second-order valence-corrected chi connectivity index (χ2v) is 8.47. The number of hydrogen-bond donors (Lipinski definition) is 1. The number of benzene rings is 3. The van der Waals surface area contributed by atoms with E-state index < -0.39 is 0 Å². The van der Waals surface area contributed by atoms with E-state index in [0.717, 1.165) is 29.1 Å². The van der Waals surface area contributed by atoms with Crippen molar-refractivity contribution in [1.29, 1.82) is 0 Å². The summed E-state index contributed by atoms with van der Waals surface area (Å²) >= 11 is 0. The van der Waals surface area contributed by atoms with E-state index in [1.54, 1.807) is 19.6 Å². The summed E-state index contributed by atoms with van der Waals surface area (Å²) in [6.45, 7) is 0.867. The summed E-state index contributed by atoms with van der Waals surface area (Å²) in [5.41, 5.74) is 7.10. The summed E-state index contributed by atoms with van der Waals surface area (Å²) in [6, 6.07) is 24.2. The van der Waals surface area contributed by atoms with Gasteiger partial charge < -0.3 is 14.7 Å². The number of ether oxygens (including phenoxy) is 1. The first-order valence-electron chi connectivity index (χ1n) is 11.1. The van der Waals surface area contributed by atoms with Gasteiger partial charge in [0, 0.05) is 17.8 Å². The highest BCUT2D eigenvalue weighted by atomic mass is 16.5. The van der Waals surface area contributed by atoms with E-state index in [-0.39, 0.29) is 5.75 Å². The fourth-order valence-corrected chi connectivity index (χ4v) is 4.23. The number of aromatic hydroxyl groups is 1. The maximum absolute atomic E-state index is 11.2. The molecule has 0 atom stereocenters. The molecule has 0 radical (unpaired) electrons. The Morgan fingerprint density at radius 1 is 0.882 bits per heavy atom. The lowest BCUT2D eigenvalue weighted by Crippen LogP contribution is -2.11. The highest BCUT2D eigenvalue weighted by molar-refractivity contribution is 5.89. The lowest BCUT2D eigenvalue weighted by Gasteiger charge is -2.15. The first-order chi connectivity index (χ1) is 16.5. The van der Waals surface area contributed by atoms with Crippen molar-refractivity contribution in [3.05, 3.63) is 90.9 Å². The van der Waals surface area contributed by atoms with Crippen LogP contribution in [0.3, 0.4) is 0 Å². The van der Waals surface area contributed by atoms with Crippen molar-refractivity contribution < 1.29 is 9.84 Å². The summed E-state index contributed by atoms with van der Waals surface area (Å²) in [5.74, 6) is 0.874. The molecule has 5 rings (SSSR count). The Labute approximate surface area is 198 Å². The predicted molar refractivity (Wildman–Crippen MR) is 135 cm³/mol. The molecule has 2 aromatic heterocycles. The Balaban J connectivity index is 1.53. The number of methoxy groups -OCH3 is 1. The summed E-state index contributed by atoms with van der Waals surface area (Å²) < 4.78 is 7.12. The van der Waals surface area contributed by atoms with Gasteiger partial charge in [0.2, 0.25) is 0 Å². The molecule has 1 N–H and O–H groups in total. The molecule has 0 aliphatic rings. The fraction of sp³-hybridized carbons (Fsp3) is 0.143. The smallest absolute Gasteiger partial charge is 0.168 e. The molecule has 0 bridgehead atoms. The number of rotatable bonds is 6. The van der Waals surface area contributed by atoms with Crippen molar-refractivity contribution in [2.75, 3.05) is 21.2 Å². The van der Waals surface area contributed by atoms with Gasteiger partial charge in [0.25, 0.3) is 0 Å². The van der Waals surface area contributed by atoms with Crippen LogP contribution in [0.5, 0.6) is 11.5 Å². The van der Waals surface area contributed by atoms with Crippen LogP contribution in [0, 0.1) is 0 Å². The first-order valence-corrected chi connectivity index (χ1v) is 11.1. The van der Waals surface area contributed by atoms with Gasteiger partial charge in [0.15, 0.2) is 5.75 Å². The van der Waals surface area contributed by atoms with E-state index in [1.807, 2.05) is 41.0 Å². The van der Waals surface area contributed by atoms with Gasteiger partial charge >= 0.3 is 0 Å². The van der Waals surface area contributed by atoms with Crippen molar-refractivity contribution in [3.8, 4) is 39.6 Å². The Morgan fingerprint density at radius 2 is 1.59 bits per heavy atom. The molecule has 0 unspecified atom stereocenters. The van der Waals surface area contributed by atoms with E-state index in [0.29, 0.717) is 16.7 Å². The molecule has 0 aliphatic heterocycles. The Hall–Kier alpha value is -4.16. The van der Waals surface area contributed by atoms with Gasteiger partial charge in [-0.15, -0.1) is 0 Å². The largest absolute Gasteiger partial charge is 0.504 e. The van der Waals surface area contributed by atoms with Crippen molar-refractivity contribution in [2.24, 2.45) is 0 Å². The van der Waals surface area contributed by atoms with Crippen LogP contribution in [-0.4, -0.2) is 45.7 Å². The molecule has 170 valence electrons. The maximum Gasteiger partial charge on any atom is 0.168 e. The molecule has 0 spiro atoms. The standard InChI is InChI=1S/C28H26N4O2/c1-31(2)17-21-6-4-5-7-24(21)19-8-10-20(11-9-19)26-28(33)27-25(16-29-26)30-18-32(27)22-12-14-23(34-3)15-13-22/h4-16,18,33H,17H2,1-3H3. The lowest BCUT2D eigenvalue weighted by atomic mass is 9.97. The molecule has 0 saturated carbocycles. The molecular formula is C28H26N4O2. The van der Waals surface area contributed by atoms with Crippen molar-refractivity contribution >= 4 is 11.0 Å². The number of aromatic nitrogens is 3. The summed E-state index contributed by atoms with van der Waals surface area (Å²) in [4.78, 5) is 11.1. The molecule has 0 amide bonds. The zero-order valence-electron chi connectivity index (χ0n) is 19.4. The van der Waals surface area contributed by atoms with Gasteiger partial charge in [0.1, 0.15) is 28.8 Å². The van der Waals surface area contributed by atoms with Gasteiger partial charge in [-0.25, -0.2) is 9.97 Å². The SMILES string of the molecule is COc1ccc(-n2cnc3cnc(-c4ccc(-c5ccccc5CN(C)C)cc4)c(O)c32)cc1. The third kappa shape index (κ3) is 4.00. The Bertz CT molecular complexity index is 1440. The van der Waals surface area contributed by atoms with Gasteiger partial charge in [-0.1, -0.05) is 48.5 Å². The number of imidazole rings is 1. The number of nitrogens with zero attached hydrogens (tertiary/aromatic N) is 4. The van der Waals surface area contributed by atoms with Crippen molar-refractivity contribution in [3.63, 3.8) is 0 Å². The topological polar surface area (TPSA) is 63.4 Å². The van der Waals surface area contributed by atoms with E-state index >= 15 is 0 Å². The number of hydrogen-bond acceptors (Lipinski definition) is 5. The number of pyridine rings is 1. The van der Waals surface area contributed by atoms with Gasteiger partial charge in [-0.2, -0.15) is 0 Å². The first kappa shape index (κ1) is 21.7.